The van der Waals surface area contributed by atoms with E-state index in [1.165, 1.54) is 0 Å². The molecule has 0 fully saturated rings. The van der Waals surface area contributed by atoms with Gasteiger partial charge in [0.25, 0.3) is 0 Å². The normalized spacial score (nSPS) is 10.5. The molecule has 3 aromatic rings. The first-order valence-electron chi connectivity index (χ1n) is 7.47. The number of nitrogen functional groups attached to an aromatic ring is 1. The number of nitrogens with two attached hydrogens (primary N) is 1. The molecule has 0 atom stereocenters. The first-order chi connectivity index (χ1) is 11.1. The maximum Gasteiger partial charge on any atom is 0.135 e. The van der Waals surface area contributed by atoms with Crippen molar-refractivity contribution < 1.29 is 9.13 Å². The summed E-state index contributed by atoms with van der Waals surface area (Å²) < 4.78 is 20.2. The van der Waals surface area contributed by atoms with Crippen LogP contribution in [-0.2, 0) is 6.61 Å². The number of hydrogen-bond acceptors (Lipinski definition) is 2. The number of anilines is 1. The molecule has 23 heavy (non-hydrogen) atoms. The lowest BCUT2D eigenvalue weighted by molar-refractivity contribution is 0.306. The van der Waals surface area contributed by atoms with E-state index >= 15 is 0 Å². The van der Waals surface area contributed by atoms with Gasteiger partial charge in [-0.2, -0.15) is 0 Å². The van der Waals surface area contributed by atoms with Crippen molar-refractivity contribution >= 4 is 5.69 Å². The number of halogens is 1. The summed E-state index contributed by atoms with van der Waals surface area (Å²) in [5, 5.41) is 0. The quantitative estimate of drug-likeness (QED) is 0.691. The molecule has 3 rings (SSSR count). The zero-order valence-corrected chi connectivity index (χ0v) is 12.9. The summed E-state index contributed by atoms with van der Waals surface area (Å²) in [6.45, 7) is 2.16. The van der Waals surface area contributed by atoms with Gasteiger partial charge in [0.15, 0.2) is 0 Å². The Balaban J connectivity index is 1.84. The predicted octanol–water partition coefficient (Wildman–Crippen LogP) is 4.96. The number of ether oxygens (including phenoxy) is 1. The Morgan fingerprint density at radius 3 is 2.52 bits per heavy atom. The molecular formula is C20H18FNO. The fraction of sp³-hybridized carbons (Fsp3) is 0.100. The van der Waals surface area contributed by atoms with E-state index in [-0.39, 0.29) is 5.82 Å². The molecule has 2 nitrogen and oxygen atoms in total. The van der Waals surface area contributed by atoms with E-state index in [1.807, 2.05) is 54.6 Å². The topological polar surface area (TPSA) is 35.2 Å². The Morgan fingerprint density at radius 1 is 0.957 bits per heavy atom. The highest BCUT2D eigenvalue weighted by Gasteiger charge is 2.10. The lowest BCUT2D eigenvalue weighted by Gasteiger charge is -2.11. The van der Waals surface area contributed by atoms with Crippen molar-refractivity contribution in [3.63, 3.8) is 0 Å². The van der Waals surface area contributed by atoms with Gasteiger partial charge in [-0.25, -0.2) is 4.39 Å². The van der Waals surface area contributed by atoms with Crippen LogP contribution in [0.1, 0.15) is 11.1 Å². The second kappa shape index (κ2) is 6.53. The highest BCUT2D eigenvalue weighted by molar-refractivity contribution is 5.69. The zero-order chi connectivity index (χ0) is 16.2. The smallest absolute Gasteiger partial charge is 0.135 e. The minimum atomic E-state index is -0.287. The molecule has 3 aromatic carbocycles. The third-order valence-electron chi connectivity index (χ3n) is 3.82. The van der Waals surface area contributed by atoms with E-state index in [2.05, 4.69) is 0 Å². The number of hydrogen-bond donors (Lipinski definition) is 1. The van der Waals surface area contributed by atoms with Crippen molar-refractivity contribution in [2.24, 2.45) is 0 Å². The van der Waals surface area contributed by atoms with Gasteiger partial charge in [0.2, 0.25) is 0 Å². The van der Waals surface area contributed by atoms with Gasteiger partial charge in [-0.3, -0.25) is 0 Å². The van der Waals surface area contributed by atoms with E-state index in [9.17, 15) is 4.39 Å². The molecule has 2 N–H and O–H groups in total. The number of rotatable bonds is 4. The zero-order valence-electron chi connectivity index (χ0n) is 12.9. The second-order valence-electron chi connectivity index (χ2n) is 5.44. The summed E-state index contributed by atoms with van der Waals surface area (Å²) in [6.07, 6.45) is 0. The molecule has 0 aliphatic rings. The van der Waals surface area contributed by atoms with Gasteiger partial charge in [-0.1, -0.05) is 42.5 Å². The first kappa shape index (κ1) is 15.1. The average Bonchev–Trinajstić information content (AvgIpc) is 2.59. The van der Waals surface area contributed by atoms with Crippen LogP contribution in [0, 0.1) is 12.7 Å². The molecule has 0 aliphatic heterocycles. The fourth-order valence-electron chi connectivity index (χ4n) is 2.42. The highest BCUT2D eigenvalue weighted by atomic mass is 19.1. The molecule has 3 heteroatoms. The predicted molar refractivity (Wildman–Crippen MR) is 91.8 cm³/mol. The summed E-state index contributed by atoms with van der Waals surface area (Å²) in [7, 11) is 0. The Hall–Kier alpha value is -2.81. The molecule has 0 amide bonds. The molecule has 0 saturated heterocycles. The van der Waals surface area contributed by atoms with Crippen molar-refractivity contribution in [1.29, 1.82) is 0 Å². The van der Waals surface area contributed by atoms with Crippen LogP contribution >= 0.6 is 0 Å². The van der Waals surface area contributed by atoms with Gasteiger partial charge in [-0.15, -0.1) is 0 Å². The molecular weight excluding hydrogens is 289 g/mol. The SMILES string of the molecule is Cc1c(N)ccc(-c2cccc(OCc3ccccc3)c2)c1F. The molecule has 0 aromatic heterocycles. The minimum absolute atomic E-state index is 0.287. The van der Waals surface area contributed by atoms with Crippen LogP contribution in [0.15, 0.2) is 66.7 Å². The van der Waals surface area contributed by atoms with E-state index in [0.717, 1.165) is 11.1 Å². The van der Waals surface area contributed by atoms with E-state index in [0.29, 0.717) is 29.2 Å². The Kier molecular flexibility index (Phi) is 4.29. The van der Waals surface area contributed by atoms with Crippen molar-refractivity contribution in [3.05, 3.63) is 83.7 Å². The monoisotopic (exact) mass is 307 g/mol. The summed E-state index contributed by atoms with van der Waals surface area (Å²) in [4.78, 5) is 0. The van der Waals surface area contributed by atoms with Gasteiger partial charge in [0.1, 0.15) is 18.2 Å². The Labute approximate surface area is 135 Å². The van der Waals surface area contributed by atoms with Crippen molar-refractivity contribution in [3.8, 4) is 16.9 Å². The van der Waals surface area contributed by atoms with Gasteiger partial charge in [0.05, 0.1) is 0 Å². The first-order valence-corrected chi connectivity index (χ1v) is 7.47. The van der Waals surface area contributed by atoms with E-state index in [4.69, 9.17) is 10.5 Å². The van der Waals surface area contributed by atoms with Crippen LogP contribution in [0.2, 0.25) is 0 Å². The molecule has 0 radical (unpaired) electrons. The van der Waals surface area contributed by atoms with Gasteiger partial charge >= 0.3 is 0 Å². The van der Waals surface area contributed by atoms with Crippen LogP contribution in [0.25, 0.3) is 11.1 Å². The Bertz CT molecular complexity index is 815. The molecule has 0 heterocycles. The third kappa shape index (κ3) is 3.34. The standard InChI is InChI=1S/C20H18FNO/c1-14-19(22)11-10-18(20(14)21)16-8-5-9-17(12-16)23-13-15-6-3-2-4-7-15/h2-12H,13,22H2,1H3. The maximum absolute atomic E-state index is 14.4. The minimum Gasteiger partial charge on any atom is -0.489 e. The van der Waals surface area contributed by atoms with Gasteiger partial charge in [-0.05, 0) is 42.3 Å². The summed E-state index contributed by atoms with van der Waals surface area (Å²) in [5.41, 5.74) is 9.07. The molecule has 0 bridgehead atoms. The van der Waals surface area contributed by atoms with Crippen LogP contribution < -0.4 is 10.5 Å². The van der Waals surface area contributed by atoms with Crippen molar-refractivity contribution in [1.82, 2.24) is 0 Å². The lowest BCUT2D eigenvalue weighted by Crippen LogP contribution is -1.97. The molecule has 0 saturated carbocycles. The maximum atomic E-state index is 14.4. The molecule has 116 valence electrons. The summed E-state index contributed by atoms with van der Waals surface area (Å²) in [6, 6.07) is 20.8. The van der Waals surface area contributed by atoms with Crippen LogP contribution in [0.5, 0.6) is 5.75 Å². The van der Waals surface area contributed by atoms with Gasteiger partial charge in [0, 0.05) is 16.8 Å². The highest BCUT2D eigenvalue weighted by Crippen LogP contribution is 2.30. The van der Waals surface area contributed by atoms with Crippen molar-refractivity contribution in [2.45, 2.75) is 13.5 Å². The third-order valence-corrected chi connectivity index (χ3v) is 3.82. The Morgan fingerprint density at radius 2 is 1.74 bits per heavy atom. The van der Waals surface area contributed by atoms with Crippen LogP contribution in [-0.4, -0.2) is 0 Å². The second-order valence-corrected chi connectivity index (χ2v) is 5.44. The largest absolute Gasteiger partial charge is 0.489 e. The van der Waals surface area contributed by atoms with Crippen LogP contribution in [0.4, 0.5) is 10.1 Å². The van der Waals surface area contributed by atoms with E-state index in [1.54, 1.807) is 19.1 Å². The molecule has 0 spiro atoms. The lowest BCUT2D eigenvalue weighted by atomic mass is 10.0. The average molecular weight is 307 g/mol. The van der Waals surface area contributed by atoms with Gasteiger partial charge < -0.3 is 10.5 Å². The van der Waals surface area contributed by atoms with E-state index < -0.39 is 0 Å². The number of benzene rings is 3. The van der Waals surface area contributed by atoms with Crippen LogP contribution in [0.3, 0.4) is 0 Å². The summed E-state index contributed by atoms with van der Waals surface area (Å²) >= 11 is 0. The molecule has 0 unspecified atom stereocenters. The summed E-state index contributed by atoms with van der Waals surface area (Å²) in [5.74, 6) is 0.422. The fourth-order valence-corrected chi connectivity index (χ4v) is 2.42. The molecule has 0 aliphatic carbocycles. The van der Waals surface area contributed by atoms with Crippen molar-refractivity contribution in [2.75, 3.05) is 5.73 Å².